The van der Waals surface area contributed by atoms with Crippen LogP contribution < -0.4 is 5.73 Å². The standard InChI is InChI=1S/C19H24N6O.2ClH/c1-13-17(18(26)24(4)12-19(2,3)11-20)22-23-25(13)16-7-5-6-14-10-21-9-8-15(14)16;;/h5-10H,11-12,20H2,1-4H3;2*1H. The first-order chi connectivity index (χ1) is 12.3. The molecule has 2 N–H and O–H groups in total. The molecule has 7 nitrogen and oxygen atoms in total. The van der Waals surface area contributed by atoms with Crippen molar-refractivity contribution in [2.45, 2.75) is 20.8 Å². The molecule has 3 rings (SSSR count). The molecule has 0 saturated heterocycles. The largest absolute Gasteiger partial charge is 0.340 e. The Hall–Kier alpha value is -2.22. The van der Waals surface area contributed by atoms with Crippen molar-refractivity contribution in [1.82, 2.24) is 24.9 Å². The molecule has 9 heteroatoms. The van der Waals surface area contributed by atoms with Crippen LogP contribution in [0.5, 0.6) is 0 Å². The molecule has 28 heavy (non-hydrogen) atoms. The first-order valence-electron chi connectivity index (χ1n) is 8.55. The quantitative estimate of drug-likeness (QED) is 0.679. The van der Waals surface area contributed by atoms with Gasteiger partial charge in [-0.25, -0.2) is 4.68 Å². The van der Waals surface area contributed by atoms with E-state index in [0.717, 1.165) is 16.5 Å². The van der Waals surface area contributed by atoms with Gasteiger partial charge in [0.2, 0.25) is 0 Å². The molecule has 0 spiro atoms. The number of fused-ring (bicyclic) bond motifs is 1. The summed E-state index contributed by atoms with van der Waals surface area (Å²) >= 11 is 0. The summed E-state index contributed by atoms with van der Waals surface area (Å²) in [6, 6.07) is 7.83. The second kappa shape index (κ2) is 9.32. The van der Waals surface area contributed by atoms with Gasteiger partial charge in [-0.1, -0.05) is 31.2 Å². The molecule has 1 amide bonds. The fraction of sp³-hybridized carbons (Fsp3) is 0.368. The molecular weight excluding hydrogens is 399 g/mol. The Labute approximate surface area is 177 Å². The molecule has 1 aromatic carbocycles. The minimum atomic E-state index is -0.156. The Balaban J connectivity index is 0.00000196. The maximum absolute atomic E-state index is 12.8. The molecule has 2 aromatic heterocycles. The van der Waals surface area contributed by atoms with Gasteiger partial charge in [0.1, 0.15) is 0 Å². The predicted molar refractivity (Wildman–Crippen MR) is 116 cm³/mol. The van der Waals surface area contributed by atoms with Crippen LogP contribution in [0.3, 0.4) is 0 Å². The summed E-state index contributed by atoms with van der Waals surface area (Å²) in [6.45, 7) is 6.97. The van der Waals surface area contributed by atoms with Crippen LogP contribution in [-0.4, -0.2) is 50.9 Å². The maximum atomic E-state index is 12.8. The van der Waals surface area contributed by atoms with Crippen LogP contribution >= 0.6 is 24.8 Å². The van der Waals surface area contributed by atoms with Gasteiger partial charge in [-0.3, -0.25) is 9.78 Å². The van der Waals surface area contributed by atoms with Crippen molar-refractivity contribution >= 4 is 41.5 Å². The zero-order valence-corrected chi connectivity index (χ0v) is 18.0. The number of carbonyl (C=O) groups is 1. The third-order valence-corrected chi connectivity index (χ3v) is 4.55. The molecule has 0 aliphatic heterocycles. The SMILES string of the molecule is Cc1c(C(=O)N(C)CC(C)(C)CN)nnn1-c1cccc2cnccc12.Cl.Cl. The molecule has 152 valence electrons. The van der Waals surface area contributed by atoms with Crippen LogP contribution in [0, 0.1) is 12.3 Å². The lowest BCUT2D eigenvalue weighted by Gasteiger charge is -2.28. The van der Waals surface area contributed by atoms with Gasteiger partial charge in [0.25, 0.3) is 5.91 Å². The third kappa shape index (κ3) is 4.60. The number of aromatic nitrogens is 4. The molecular formula is C19H26Cl2N6O. The van der Waals surface area contributed by atoms with E-state index in [-0.39, 0.29) is 36.1 Å². The van der Waals surface area contributed by atoms with E-state index in [0.29, 0.717) is 24.5 Å². The van der Waals surface area contributed by atoms with Gasteiger partial charge in [-0.05, 0) is 31.0 Å². The minimum absolute atomic E-state index is 0. The molecule has 0 fully saturated rings. The average Bonchev–Trinajstić information content (AvgIpc) is 3.01. The summed E-state index contributed by atoms with van der Waals surface area (Å²) < 4.78 is 1.71. The smallest absolute Gasteiger partial charge is 0.276 e. The normalized spacial score (nSPS) is 10.9. The summed E-state index contributed by atoms with van der Waals surface area (Å²) in [4.78, 5) is 18.6. The second-order valence-electron chi connectivity index (χ2n) is 7.34. The predicted octanol–water partition coefficient (Wildman–Crippen LogP) is 3.02. The van der Waals surface area contributed by atoms with E-state index in [2.05, 4.69) is 15.3 Å². The molecule has 0 unspecified atom stereocenters. The highest BCUT2D eigenvalue weighted by Crippen LogP contribution is 2.23. The Morgan fingerprint density at radius 2 is 1.96 bits per heavy atom. The van der Waals surface area contributed by atoms with Gasteiger partial charge in [-0.2, -0.15) is 0 Å². The average molecular weight is 425 g/mol. The topological polar surface area (TPSA) is 89.9 Å². The van der Waals surface area contributed by atoms with Crippen LogP contribution in [0.2, 0.25) is 0 Å². The molecule has 2 heterocycles. The molecule has 0 bridgehead atoms. The van der Waals surface area contributed by atoms with Gasteiger partial charge in [-0.15, -0.1) is 29.9 Å². The first kappa shape index (κ1) is 23.8. The van der Waals surface area contributed by atoms with Crippen LogP contribution in [0.25, 0.3) is 16.5 Å². The molecule has 0 saturated carbocycles. The Kier molecular flexibility index (Phi) is 7.93. The van der Waals surface area contributed by atoms with Gasteiger partial charge in [0.15, 0.2) is 5.69 Å². The highest BCUT2D eigenvalue weighted by molar-refractivity contribution is 5.94. The monoisotopic (exact) mass is 424 g/mol. The van der Waals surface area contributed by atoms with Gasteiger partial charge >= 0.3 is 0 Å². The second-order valence-corrected chi connectivity index (χ2v) is 7.34. The van der Waals surface area contributed by atoms with Crippen LogP contribution in [0.1, 0.15) is 30.0 Å². The number of amides is 1. The van der Waals surface area contributed by atoms with Gasteiger partial charge in [0, 0.05) is 36.8 Å². The number of rotatable bonds is 5. The van der Waals surface area contributed by atoms with Crippen molar-refractivity contribution in [2.75, 3.05) is 20.1 Å². The summed E-state index contributed by atoms with van der Waals surface area (Å²) in [6.07, 6.45) is 3.55. The fourth-order valence-corrected chi connectivity index (χ4v) is 3.00. The summed E-state index contributed by atoms with van der Waals surface area (Å²) in [5.74, 6) is -0.155. The Bertz CT molecular complexity index is 951. The van der Waals surface area contributed by atoms with E-state index in [1.807, 2.05) is 45.0 Å². The molecule has 0 aliphatic carbocycles. The Morgan fingerprint density at radius 3 is 2.64 bits per heavy atom. The lowest BCUT2D eigenvalue weighted by atomic mass is 9.93. The highest BCUT2D eigenvalue weighted by atomic mass is 35.5. The van der Waals surface area contributed by atoms with Gasteiger partial charge in [0.05, 0.1) is 11.4 Å². The van der Waals surface area contributed by atoms with Crippen molar-refractivity contribution in [2.24, 2.45) is 11.1 Å². The third-order valence-electron chi connectivity index (χ3n) is 4.55. The maximum Gasteiger partial charge on any atom is 0.276 e. The molecule has 0 aliphatic rings. The zero-order valence-electron chi connectivity index (χ0n) is 16.4. The van der Waals surface area contributed by atoms with Crippen LogP contribution in [0.15, 0.2) is 36.7 Å². The van der Waals surface area contributed by atoms with Gasteiger partial charge < -0.3 is 10.6 Å². The number of nitrogens with zero attached hydrogens (tertiary/aromatic N) is 5. The minimum Gasteiger partial charge on any atom is -0.340 e. The number of halogens is 2. The number of carbonyl (C=O) groups excluding carboxylic acids is 1. The number of nitrogens with two attached hydrogens (primary N) is 1. The van der Waals surface area contributed by atoms with Crippen molar-refractivity contribution in [3.8, 4) is 5.69 Å². The summed E-state index contributed by atoms with van der Waals surface area (Å²) in [5, 5.41) is 10.4. The lowest BCUT2D eigenvalue weighted by molar-refractivity contribution is 0.0734. The number of pyridine rings is 1. The Morgan fingerprint density at radius 1 is 1.25 bits per heavy atom. The fourth-order valence-electron chi connectivity index (χ4n) is 3.00. The lowest BCUT2D eigenvalue weighted by Crippen LogP contribution is -2.40. The van der Waals surface area contributed by atoms with Crippen molar-refractivity contribution in [3.63, 3.8) is 0 Å². The van der Waals surface area contributed by atoms with E-state index < -0.39 is 0 Å². The van der Waals surface area contributed by atoms with E-state index in [4.69, 9.17) is 5.73 Å². The van der Waals surface area contributed by atoms with E-state index in [9.17, 15) is 4.79 Å². The molecule has 0 atom stereocenters. The number of hydrogen-bond donors (Lipinski definition) is 1. The van der Waals surface area contributed by atoms with E-state index in [1.54, 1.807) is 29.0 Å². The summed E-state index contributed by atoms with van der Waals surface area (Å²) in [5.41, 5.74) is 7.56. The summed E-state index contributed by atoms with van der Waals surface area (Å²) in [7, 11) is 1.77. The number of benzene rings is 1. The number of hydrogen-bond acceptors (Lipinski definition) is 5. The van der Waals surface area contributed by atoms with Crippen molar-refractivity contribution < 1.29 is 4.79 Å². The molecule has 0 radical (unpaired) electrons. The van der Waals surface area contributed by atoms with Crippen LogP contribution in [0.4, 0.5) is 0 Å². The van der Waals surface area contributed by atoms with Crippen molar-refractivity contribution in [1.29, 1.82) is 0 Å². The van der Waals surface area contributed by atoms with Crippen molar-refractivity contribution in [3.05, 3.63) is 48.0 Å². The first-order valence-corrected chi connectivity index (χ1v) is 8.55. The highest BCUT2D eigenvalue weighted by Gasteiger charge is 2.26. The van der Waals surface area contributed by atoms with Crippen LogP contribution in [-0.2, 0) is 0 Å². The van der Waals surface area contributed by atoms with E-state index in [1.165, 1.54) is 0 Å². The molecule has 3 aromatic rings. The zero-order chi connectivity index (χ0) is 18.9. The van der Waals surface area contributed by atoms with E-state index >= 15 is 0 Å².